The number of nitrogens with zero attached hydrogens (tertiary/aromatic N) is 1. The van der Waals surface area contributed by atoms with Gasteiger partial charge in [-0.1, -0.05) is 18.2 Å². The smallest absolute Gasteiger partial charge is 0.227 e. The van der Waals surface area contributed by atoms with Crippen LogP contribution in [0.2, 0.25) is 0 Å². The third-order valence-corrected chi connectivity index (χ3v) is 3.65. The molecule has 1 aromatic rings. The van der Waals surface area contributed by atoms with Gasteiger partial charge in [-0.25, -0.2) is 4.39 Å². The lowest BCUT2D eigenvalue weighted by Crippen LogP contribution is -2.57. The van der Waals surface area contributed by atoms with E-state index in [9.17, 15) is 9.18 Å². The molecule has 2 unspecified atom stereocenters. The van der Waals surface area contributed by atoms with E-state index in [1.54, 1.807) is 18.2 Å². The Bertz CT molecular complexity index is 436. The van der Waals surface area contributed by atoms with Gasteiger partial charge in [0.15, 0.2) is 0 Å². The number of carbonyl (C=O) groups excluding carboxylic acids is 1. The zero-order valence-electron chi connectivity index (χ0n) is 10.8. The average molecular weight is 250 g/mol. The van der Waals surface area contributed by atoms with E-state index in [4.69, 9.17) is 0 Å². The van der Waals surface area contributed by atoms with Crippen LogP contribution in [0.25, 0.3) is 0 Å². The Morgan fingerprint density at radius 1 is 1.44 bits per heavy atom. The van der Waals surface area contributed by atoms with Crippen LogP contribution in [0.3, 0.4) is 0 Å². The highest BCUT2D eigenvalue weighted by atomic mass is 19.1. The van der Waals surface area contributed by atoms with Crippen molar-refractivity contribution >= 4 is 5.91 Å². The van der Waals surface area contributed by atoms with Crippen molar-refractivity contribution in [1.29, 1.82) is 0 Å². The van der Waals surface area contributed by atoms with Gasteiger partial charge >= 0.3 is 0 Å². The standard InChI is InChI=1S/C14H19FN2O/c1-10-11(2)17(8-7-16-10)14(18)9-12-5-3-4-6-13(12)15/h3-6,10-11,16H,7-9H2,1-2H3. The maximum Gasteiger partial charge on any atom is 0.227 e. The summed E-state index contributed by atoms with van der Waals surface area (Å²) in [5.41, 5.74) is 0.473. The van der Waals surface area contributed by atoms with Crippen molar-refractivity contribution in [2.75, 3.05) is 13.1 Å². The molecule has 0 saturated carbocycles. The Kier molecular flexibility index (Phi) is 3.97. The van der Waals surface area contributed by atoms with Crippen molar-refractivity contribution in [2.24, 2.45) is 0 Å². The first-order valence-electron chi connectivity index (χ1n) is 6.36. The fourth-order valence-corrected chi connectivity index (χ4v) is 2.31. The third-order valence-electron chi connectivity index (χ3n) is 3.65. The van der Waals surface area contributed by atoms with Gasteiger partial charge in [-0.2, -0.15) is 0 Å². The van der Waals surface area contributed by atoms with Crippen LogP contribution in [-0.2, 0) is 11.2 Å². The van der Waals surface area contributed by atoms with Gasteiger partial charge in [-0.15, -0.1) is 0 Å². The molecule has 4 heteroatoms. The van der Waals surface area contributed by atoms with E-state index in [1.165, 1.54) is 6.07 Å². The molecule has 1 aliphatic heterocycles. The minimum Gasteiger partial charge on any atom is -0.337 e. The molecule has 1 amide bonds. The van der Waals surface area contributed by atoms with Gasteiger partial charge < -0.3 is 10.2 Å². The highest BCUT2D eigenvalue weighted by Crippen LogP contribution is 2.13. The van der Waals surface area contributed by atoms with Gasteiger partial charge in [-0.3, -0.25) is 4.79 Å². The molecule has 0 aromatic heterocycles. The summed E-state index contributed by atoms with van der Waals surface area (Å²) in [5, 5.41) is 3.32. The summed E-state index contributed by atoms with van der Waals surface area (Å²) in [7, 11) is 0. The third kappa shape index (κ3) is 2.70. The Balaban J connectivity index is 2.06. The normalized spacial score (nSPS) is 24.1. The summed E-state index contributed by atoms with van der Waals surface area (Å²) >= 11 is 0. The van der Waals surface area contributed by atoms with E-state index in [-0.39, 0.29) is 30.2 Å². The number of amides is 1. The zero-order valence-corrected chi connectivity index (χ0v) is 10.8. The molecule has 98 valence electrons. The first-order valence-corrected chi connectivity index (χ1v) is 6.36. The van der Waals surface area contributed by atoms with Crippen LogP contribution >= 0.6 is 0 Å². The van der Waals surface area contributed by atoms with E-state index in [0.717, 1.165) is 6.54 Å². The number of hydrogen-bond acceptors (Lipinski definition) is 2. The summed E-state index contributed by atoms with van der Waals surface area (Å²) in [6, 6.07) is 6.89. The molecule has 1 heterocycles. The fraction of sp³-hybridized carbons (Fsp3) is 0.500. The first kappa shape index (κ1) is 13.0. The first-order chi connectivity index (χ1) is 8.59. The molecule has 0 spiro atoms. The molecule has 1 aliphatic rings. The number of hydrogen-bond donors (Lipinski definition) is 1. The van der Waals surface area contributed by atoms with Crippen LogP contribution in [0, 0.1) is 5.82 Å². The van der Waals surface area contributed by atoms with Crippen molar-refractivity contribution in [1.82, 2.24) is 10.2 Å². The number of nitrogens with one attached hydrogen (secondary N) is 1. The molecule has 1 fully saturated rings. The molecule has 2 rings (SSSR count). The van der Waals surface area contributed by atoms with Crippen molar-refractivity contribution in [3.8, 4) is 0 Å². The SMILES string of the molecule is CC1NCCN(C(=O)Cc2ccccc2F)C1C. The van der Waals surface area contributed by atoms with Crippen LogP contribution in [0.4, 0.5) is 4.39 Å². The minimum atomic E-state index is -0.304. The number of rotatable bonds is 2. The van der Waals surface area contributed by atoms with Crippen LogP contribution < -0.4 is 5.32 Å². The van der Waals surface area contributed by atoms with E-state index < -0.39 is 0 Å². The maximum absolute atomic E-state index is 13.5. The molecular formula is C14H19FN2O. The predicted octanol–water partition coefficient (Wildman–Crippen LogP) is 1.58. The fourth-order valence-electron chi connectivity index (χ4n) is 2.31. The lowest BCUT2D eigenvalue weighted by molar-refractivity contribution is -0.134. The average Bonchev–Trinajstić information content (AvgIpc) is 2.35. The minimum absolute atomic E-state index is 0.000880. The molecule has 1 saturated heterocycles. The molecule has 3 nitrogen and oxygen atoms in total. The quantitative estimate of drug-likeness (QED) is 0.864. The molecular weight excluding hydrogens is 231 g/mol. The van der Waals surface area contributed by atoms with Crippen LogP contribution in [0.15, 0.2) is 24.3 Å². The van der Waals surface area contributed by atoms with Gasteiger partial charge in [0.2, 0.25) is 5.91 Å². The highest BCUT2D eigenvalue weighted by molar-refractivity contribution is 5.79. The molecule has 0 radical (unpaired) electrons. The summed E-state index contributed by atoms with van der Waals surface area (Å²) in [6.45, 7) is 5.58. The number of piperazine rings is 1. The number of carbonyl (C=O) groups is 1. The van der Waals surface area contributed by atoms with Crippen LogP contribution in [0.1, 0.15) is 19.4 Å². The summed E-state index contributed by atoms with van der Waals surface area (Å²) in [6.07, 6.45) is 0.143. The molecule has 0 aliphatic carbocycles. The highest BCUT2D eigenvalue weighted by Gasteiger charge is 2.28. The second-order valence-electron chi connectivity index (χ2n) is 4.84. The molecule has 18 heavy (non-hydrogen) atoms. The van der Waals surface area contributed by atoms with Crippen molar-refractivity contribution in [3.63, 3.8) is 0 Å². The number of halogens is 1. The largest absolute Gasteiger partial charge is 0.337 e. The Morgan fingerprint density at radius 3 is 2.89 bits per heavy atom. The summed E-state index contributed by atoms with van der Waals surface area (Å²) in [4.78, 5) is 14.0. The lowest BCUT2D eigenvalue weighted by Gasteiger charge is -2.38. The van der Waals surface area contributed by atoms with Crippen LogP contribution in [-0.4, -0.2) is 36.0 Å². The number of benzene rings is 1. The van der Waals surface area contributed by atoms with Gasteiger partial charge in [0.25, 0.3) is 0 Å². The van der Waals surface area contributed by atoms with E-state index in [0.29, 0.717) is 12.1 Å². The van der Waals surface area contributed by atoms with Gasteiger partial charge in [-0.05, 0) is 25.5 Å². The predicted molar refractivity (Wildman–Crippen MR) is 68.7 cm³/mol. The second kappa shape index (κ2) is 5.48. The Labute approximate surface area is 107 Å². The molecule has 2 atom stereocenters. The van der Waals surface area contributed by atoms with E-state index in [2.05, 4.69) is 12.2 Å². The summed E-state index contributed by atoms with van der Waals surface area (Å²) < 4.78 is 13.5. The topological polar surface area (TPSA) is 32.3 Å². The molecule has 1 aromatic carbocycles. The molecule has 1 N–H and O–H groups in total. The van der Waals surface area contributed by atoms with Crippen LogP contribution in [0.5, 0.6) is 0 Å². The Hall–Kier alpha value is -1.42. The van der Waals surface area contributed by atoms with E-state index >= 15 is 0 Å². The summed E-state index contributed by atoms with van der Waals surface area (Å²) in [5.74, 6) is -0.303. The lowest BCUT2D eigenvalue weighted by atomic mass is 10.0. The maximum atomic E-state index is 13.5. The van der Waals surface area contributed by atoms with Gasteiger partial charge in [0, 0.05) is 25.2 Å². The monoisotopic (exact) mass is 250 g/mol. The second-order valence-corrected chi connectivity index (χ2v) is 4.84. The molecule has 0 bridgehead atoms. The Morgan fingerprint density at radius 2 is 2.17 bits per heavy atom. The van der Waals surface area contributed by atoms with Crippen molar-refractivity contribution < 1.29 is 9.18 Å². The van der Waals surface area contributed by atoms with Crippen molar-refractivity contribution in [2.45, 2.75) is 32.4 Å². The zero-order chi connectivity index (χ0) is 13.1. The van der Waals surface area contributed by atoms with E-state index in [1.807, 2.05) is 11.8 Å². The van der Waals surface area contributed by atoms with Gasteiger partial charge in [0.1, 0.15) is 5.82 Å². The van der Waals surface area contributed by atoms with Gasteiger partial charge in [0.05, 0.1) is 6.42 Å². The van der Waals surface area contributed by atoms with Crippen molar-refractivity contribution in [3.05, 3.63) is 35.6 Å².